The Morgan fingerprint density at radius 2 is 1.66 bits per heavy atom. The number of β-lactam (4-membered cyclic amide) rings is 1. The lowest BCUT2D eigenvalue weighted by molar-refractivity contribution is -0.136. The van der Waals surface area contributed by atoms with Crippen molar-refractivity contribution in [1.82, 2.24) is 10.6 Å². The Labute approximate surface area is 223 Å². The van der Waals surface area contributed by atoms with Gasteiger partial charge in [0.2, 0.25) is 11.8 Å². The van der Waals surface area contributed by atoms with Gasteiger partial charge in [-0.25, -0.2) is 0 Å². The summed E-state index contributed by atoms with van der Waals surface area (Å²) in [4.78, 5) is 23.8. The smallest absolute Gasteiger partial charge is 0.261 e. The van der Waals surface area contributed by atoms with Gasteiger partial charge in [0.15, 0.2) is 0 Å². The first-order valence-electron chi connectivity index (χ1n) is 11.7. The quantitative estimate of drug-likeness (QED) is 0.215. The minimum absolute atomic E-state index is 0.000945. The van der Waals surface area contributed by atoms with Crippen LogP contribution >= 0.6 is 35.7 Å². The molecule has 0 radical (unpaired) electrons. The summed E-state index contributed by atoms with van der Waals surface area (Å²) in [5.41, 5.74) is 0. The Hall–Kier alpha value is -1.65. The van der Waals surface area contributed by atoms with Crippen molar-refractivity contribution in [3.63, 3.8) is 0 Å². The summed E-state index contributed by atoms with van der Waals surface area (Å²) in [5, 5.41) is 7.87. The van der Waals surface area contributed by atoms with Gasteiger partial charge in [-0.1, -0.05) is 105 Å². The van der Waals surface area contributed by atoms with Gasteiger partial charge in [-0.05, 0) is 22.3 Å². The van der Waals surface area contributed by atoms with E-state index in [1.165, 1.54) is 40.8 Å². The molecule has 9 heteroatoms. The highest BCUT2D eigenvalue weighted by atomic mass is 32.2. The topological polar surface area (TPSA) is 67.4 Å². The third kappa shape index (κ3) is 6.57. The molecule has 0 aromatic heterocycles. The zero-order valence-electron chi connectivity index (χ0n) is 20.9. The predicted molar refractivity (Wildman–Crippen MR) is 155 cm³/mol. The first-order valence-corrected chi connectivity index (χ1v) is 15.9. The van der Waals surface area contributed by atoms with Gasteiger partial charge >= 0.3 is 0 Å². The Morgan fingerprint density at radius 3 is 2.11 bits per heavy atom. The number of benzene rings is 2. The molecule has 1 aliphatic heterocycles. The van der Waals surface area contributed by atoms with Crippen molar-refractivity contribution in [1.29, 1.82) is 0 Å². The molecule has 0 bridgehead atoms. The highest BCUT2D eigenvalue weighted by molar-refractivity contribution is 8.47. The van der Waals surface area contributed by atoms with Crippen molar-refractivity contribution < 1.29 is 14.0 Å². The second-order valence-electron chi connectivity index (χ2n) is 9.64. The second-order valence-corrected chi connectivity index (χ2v) is 17.3. The maximum Gasteiger partial charge on any atom is 0.261 e. The van der Waals surface area contributed by atoms with Crippen molar-refractivity contribution in [3.05, 3.63) is 60.7 Å². The zero-order chi connectivity index (χ0) is 25.6. The third-order valence-electron chi connectivity index (χ3n) is 6.12. The summed E-state index contributed by atoms with van der Waals surface area (Å²) in [6.07, 6.45) is -0.292. The van der Waals surface area contributed by atoms with Crippen LogP contribution in [0.15, 0.2) is 60.7 Å². The van der Waals surface area contributed by atoms with E-state index in [1.807, 2.05) is 19.1 Å². The lowest BCUT2D eigenvalue weighted by Gasteiger charge is -2.48. The van der Waals surface area contributed by atoms with Crippen LogP contribution in [0.2, 0.25) is 5.04 Å². The molecule has 0 spiro atoms. The standard InChI is InChI=1S/C26H34N2O3S3Si/c1-18(22-23(30)28-24(22)34-25(32)33-17-16-27-19(2)29)31-35(26(3,4)5,20-12-8-6-9-13-20)21-14-10-7-11-15-21/h6-15,18,22,24H,16-17H2,1-5H3,(H,27,29)(H,28,30). The Kier molecular flexibility index (Phi) is 9.62. The number of hydrogen-bond donors (Lipinski definition) is 2. The van der Waals surface area contributed by atoms with Crippen LogP contribution in [0.3, 0.4) is 0 Å². The lowest BCUT2D eigenvalue weighted by Crippen LogP contribution is -2.70. The SMILES string of the molecule is CC(=O)NCCSC(=S)SC1NC(=O)C1C(C)O[Si](c1ccccc1)(c1ccccc1)C(C)(C)C. The molecule has 0 saturated carbocycles. The highest BCUT2D eigenvalue weighted by Gasteiger charge is 2.54. The van der Waals surface area contributed by atoms with Crippen LogP contribution in [-0.4, -0.2) is 47.4 Å². The van der Waals surface area contributed by atoms with Crippen LogP contribution in [0.1, 0.15) is 34.6 Å². The normalized spacial score (nSPS) is 18.8. The molecule has 3 atom stereocenters. The number of hydrogen-bond acceptors (Lipinski definition) is 6. The number of rotatable bonds is 9. The average Bonchev–Trinajstić information content (AvgIpc) is 2.80. The molecular formula is C26H34N2O3S3Si. The van der Waals surface area contributed by atoms with Gasteiger partial charge in [-0.3, -0.25) is 9.59 Å². The van der Waals surface area contributed by atoms with Gasteiger partial charge in [-0.15, -0.1) is 11.8 Å². The largest absolute Gasteiger partial charge is 0.404 e. The Morgan fingerprint density at radius 1 is 1.11 bits per heavy atom. The van der Waals surface area contributed by atoms with Crippen LogP contribution in [-0.2, 0) is 14.0 Å². The second kappa shape index (κ2) is 12.1. The van der Waals surface area contributed by atoms with E-state index in [-0.39, 0.29) is 34.2 Å². The van der Waals surface area contributed by atoms with Gasteiger partial charge in [0.1, 0.15) is 3.53 Å². The predicted octanol–water partition coefficient (Wildman–Crippen LogP) is 3.91. The van der Waals surface area contributed by atoms with Gasteiger partial charge in [0, 0.05) is 19.2 Å². The molecular weight excluding hydrogens is 513 g/mol. The highest BCUT2D eigenvalue weighted by Crippen LogP contribution is 2.40. The summed E-state index contributed by atoms with van der Waals surface area (Å²) in [6, 6.07) is 20.9. The van der Waals surface area contributed by atoms with E-state index in [0.29, 0.717) is 12.3 Å². The first kappa shape index (κ1) is 27.9. The summed E-state index contributed by atoms with van der Waals surface area (Å²) in [6.45, 7) is 10.8. The summed E-state index contributed by atoms with van der Waals surface area (Å²) in [5.74, 6) is 0.351. The van der Waals surface area contributed by atoms with E-state index in [4.69, 9.17) is 16.6 Å². The average molecular weight is 547 g/mol. The van der Waals surface area contributed by atoms with Crippen molar-refractivity contribution in [2.45, 2.75) is 51.1 Å². The molecule has 2 aromatic carbocycles. The summed E-state index contributed by atoms with van der Waals surface area (Å²) < 4.78 is 7.91. The van der Waals surface area contributed by atoms with Gasteiger partial charge in [0.25, 0.3) is 8.32 Å². The molecule has 1 heterocycles. The number of thioether (sulfide) groups is 2. The van der Waals surface area contributed by atoms with Crippen LogP contribution in [0.4, 0.5) is 0 Å². The Balaban J connectivity index is 1.82. The number of carbonyl (C=O) groups excluding carboxylic acids is 2. The minimum Gasteiger partial charge on any atom is -0.404 e. The number of amides is 2. The van der Waals surface area contributed by atoms with Crippen molar-refractivity contribution in [2.75, 3.05) is 12.3 Å². The summed E-state index contributed by atoms with van der Waals surface area (Å²) in [7, 11) is -2.76. The first-order chi connectivity index (χ1) is 16.6. The molecule has 1 fully saturated rings. The molecule has 2 N–H and O–H groups in total. The van der Waals surface area contributed by atoms with Crippen LogP contribution < -0.4 is 21.0 Å². The number of carbonyl (C=O) groups is 2. The Bertz CT molecular complexity index is 992. The van der Waals surface area contributed by atoms with Crippen LogP contribution in [0, 0.1) is 5.92 Å². The molecule has 3 unspecified atom stereocenters. The van der Waals surface area contributed by atoms with E-state index in [2.05, 4.69) is 79.9 Å². The fraction of sp³-hybridized carbons (Fsp3) is 0.423. The molecule has 5 nitrogen and oxygen atoms in total. The van der Waals surface area contributed by atoms with E-state index < -0.39 is 8.32 Å². The maximum absolute atomic E-state index is 12.7. The molecule has 188 valence electrons. The number of nitrogens with one attached hydrogen (secondary N) is 2. The van der Waals surface area contributed by atoms with E-state index in [9.17, 15) is 9.59 Å². The minimum atomic E-state index is -2.76. The van der Waals surface area contributed by atoms with E-state index in [0.717, 1.165) is 3.53 Å². The van der Waals surface area contributed by atoms with Crippen molar-refractivity contribution in [3.8, 4) is 0 Å². The van der Waals surface area contributed by atoms with E-state index >= 15 is 0 Å². The van der Waals surface area contributed by atoms with Crippen molar-refractivity contribution in [2.24, 2.45) is 5.92 Å². The molecule has 0 aliphatic carbocycles. The zero-order valence-corrected chi connectivity index (χ0v) is 24.3. The molecule has 2 aromatic rings. The van der Waals surface area contributed by atoms with E-state index in [1.54, 1.807) is 0 Å². The fourth-order valence-corrected chi connectivity index (χ4v) is 11.8. The van der Waals surface area contributed by atoms with Gasteiger partial charge < -0.3 is 15.1 Å². The molecule has 1 saturated heterocycles. The maximum atomic E-state index is 12.7. The molecule has 35 heavy (non-hydrogen) atoms. The van der Waals surface area contributed by atoms with Crippen LogP contribution in [0.5, 0.6) is 0 Å². The van der Waals surface area contributed by atoms with Crippen LogP contribution in [0.25, 0.3) is 0 Å². The molecule has 3 rings (SSSR count). The molecule has 1 aliphatic rings. The van der Waals surface area contributed by atoms with Gasteiger partial charge in [0.05, 0.1) is 17.4 Å². The summed E-state index contributed by atoms with van der Waals surface area (Å²) >= 11 is 8.55. The lowest BCUT2D eigenvalue weighted by atomic mass is 9.96. The third-order valence-corrected chi connectivity index (χ3v) is 14.0. The molecule has 2 amide bonds. The fourth-order valence-electron chi connectivity index (χ4n) is 4.47. The monoisotopic (exact) mass is 546 g/mol. The van der Waals surface area contributed by atoms with Gasteiger partial charge in [-0.2, -0.15) is 0 Å². The number of thiocarbonyl (C=S) groups is 1. The van der Waals surface area contributed by atoms with Crippen molar-refractivity contribution >= 4 is 69.8 Å².